The number of nitrogens with zero attached hydrogens (tertiary/aromatic N) is 5. The number of aromatic amines is 1. The summed E-state index contributed by atoms with van der Waals surface area (Å²) in [7, 11) is 0. The Kier molecular flexibility index (Phi) is 4.73. The molecule has 2 fully saturated rings. The zero-order valence-corrected chi connectivity index (χ0v) is 18.2. The summed E-state index contributed by atoms with van der Waals surface area (Å²) in [4.78, 5) is 22.2. The third kappa shape index (κ3) is 3.29. The minimum absolute atomic E-state index is 0.0413. The first kappa shape index (κ1) is 21.2. The Labute approximate surface area is 195 Å². The Morgan fingerprint density at radius 2 is 1.97 bits per heavy atom. The number of nitrogens with one attached hydrogen (secondary N) is 2. The standard InChI is InChI=1S/C21H18ClF2N7O3/c22-17-16(9-2-26-29-19(9)20(18(17)24)31-5-12(32)13(33)6-31)11-4-30-7-14(27-15(30)3-25-11)28-21(34)8-1-10(8)23/h2-4,7-8,10,12-13,32-33H,1,5-6H2,(H,26,29)(H,28,34)/t8-,10+,12+,13+/m1/s1. The molecule has 0 unspecified atom stereocenters. The van der Waals surface area contributed by atoms with Crippen LogP contribution in [0.2, 0.25) is 5.02 Å². The molecule has 0 radical (unpaired) electrons. The molecule has 1 amide bonds. The topological polar surface area (TPSA) is 132 Å². The highest BCUT2D eigenvalue weighted by Gasteiger charge is 2.43. The number of alkyl halides is 1. The van der Waals surface area contributed by atoms with Gasteiger partial charge < -0.3 is 24.8 Å². The van der Waals surface area contributed by atoms with E-state index in [0.717, 1.165) is 0 Å². The average molecular weight is 490 g/mol. The van der Waals surface area contributed by atoms with Gasteiger partial charge in [0.15, 0.2) is 17.3 Å². The second-order valence-electron chi connectivity index (χ2n) is 8.56. The van der Waals surface area contributed by atoms with Gasteiger partial charge in [-0.15, -0.1) is 0 Å². The maximum atomic E-state index is 15.5. The molecular formula is C21H18ClF2N7O3. The number of benzene rings is 1. The van der Waals surface area contributed by atoms with E-state index >= 15 is 4.39 Å². The molecular weight excluding hydrogens is 472 g/mol. The molecule has 176 valence electrons. The number of fused-ring (bicyclic) bond motifs is 2. The number of aromatic nitrogens is 5. The van der Waals surface area contributed by atoms with Crippen LogP contribution in [0.5, 0.6) is 0 Å². The zero-order chi connectivity index (χ0) is 23.7. The Morgan fingerprint density at radius 3 is 2.68 bits per heavy atom. The van der Waals surface area contributed by atoms with E-state index in [-0.39, 0.29) is 36.0 Å². The monoisotopic (exact) mass is 489 g/mol. The molecule has 1 saturated carbocycles. The first-order valence-electron chi connectivity index (χ1n) is 10.6. The predicted molar refractivity (Wildman–Crippen MR) is 119 cm³/mol. The smallest absolute Gasteiger partial charge is 0.231 e. The molecule has 0 spiro atoms. The summed E-state index contributed by atoms with van der Waals surface area (Å²) in [6.07, 6.45) is 3.15. The number of rotatable bonds is 4. The Bertz CT molecular complexity index is 1450. The summed E-state index contributed by atoms with van der Waals surface area (Å²) in [5.74, 6) is -1.57. The molecule has 34 heavy (non-hydrogen) atoms. The zero-order valence-electron chi connectivity index (χ0n) is 17.4. The summed E-state index contributed by atoms with van der Waals surface area (Å²) in [5.41, 5.74) is 1.51. The molecule has 2 aliphatic rings. The molecule has 6 rings (SSSR count). The van der Waals surface area contributed by atoms with Crippen molar-refractivity contribution in [2.45, 2.75) is 24.8 Å². The van der Waals surface area contributed by atoms with E-state index in [1.54, 1.807) is 16.8 Å². The molecule has 1 aliphatic carbocycles. The molecule has 4 N–H and O–H groups in total. The molecule has 1 aromatic carbocycles. The number of aliphatic hydroxyl groups is 2. The minimum Gasteiger partial charge on any atom is -0.389 e. The fourth-order valence-corrected chi connectivity index (χ4v) is 4.63. The van der Waals surface area contributed by atoms with Crippen molar-refractivity contribution in [1.82, 2.24) is 24.6 Å². The van der Waals surface area contributed by atoms with Crippen molar-refractivity contribution < 1.29 is 23.8 Å². The maximum absolute atomic E-state index is 15.5. The number of hydrogen-bond donors (Lipinski definition) is 4. The predicted octanol–water partition coefficient (Wildman–Crippen LogP) is 1.90. The van der Waals surface area contributed by atoms with Crippen LogP contribution in [0.15, 0.2) is 24.8 Å². The maximum Gasteiger partial charge on any atom is 0.231 e. The highest BCUT2D eigenvalue weighted by Crippen LogP contribution is 2.43. The van der Waals surface area contributed by atoms with E-state index < -0.39 is 36.0 Å². The molecule has 4 atom stereocenters. The van der Waals surface area contributed by atoms with Gasteiger partial charge in [-0.3, -0.25) is 14.9 Å². The number of carbonyl (C=O) groups is 1. The van der Waals surface area contributed by atoms with Crippen LogP contribution in [0.1, 0.15) is 6.42 Å². The fourth-order valence-electron chi connectivity index (χ4n) is 4.34. The minimum atomic E-state index is -1.12. The molecule has 1 saturated heterocycles. The van der Waals surface area contributed by atoms with Crippen LogP contribution in [-0.2, 0) is 4.79 Å². The normalized spacial score (nSPS) is 24.3. The van der Waals surface area contributed by atoms with Gasteiger partial charge in [-0.2, -0.15) is 5.10 Å². The van der Waals surface area contributed by atoms with Gasteiger partial charge in [-0.05, 0) is 6.42 Å². The number of halogens is 3. The number of H-pyrrole nitrogens is 1. The lowest BCUT2D eigenvalue weighted by molar-refractivity contribution is -0.117. The van der Waals surface area contributed by atoms with Crippen molar-refractivity contribution in [3.05, 3.63) is 35.6 Å². The lowest BCUT2D eigenvalue weighted by Gasteiger charge is -2.21. The van der Waals surface area contributed by atoms with Crippen LogP contribution < -0.4 is 10.2 Å². The molecule has 10 nitrogen and oxygen atoms in total. The lowest BCUT2D eigenvalue weighted by atomic mass is 10.0. The first-order chi connectivity index (χ1) is 16.3. The Morgan fingerprint density at radius 1 is 1.24 bits per heavy atom. The number of hydrogen-bond acceptors (Lipinski definition) is 7. The van der Waals surface area contributed by atoms with Crippen molar-refractivity contribution in [2.75, 3.05) is 23.3 Å². The molecule has 4 heterocycles. The van der Waals surface area contributed by atoms with Crippen LogP contribution in [-0.4, -0.2) is 72.2 Å². The van der Waals surface area contributed by atoms with E-state index in [2.05, 4.69) is 25.5 Å². The molecule has 13 heteroatoms. The fraction of sp³-hybridized carbons (Fsp3) is 0.333. The highest BCUT2D eigenvalue weighted by molar-refractivity contribution is 6.36. The van der Waals surface area contributed by atoms with E-state index in [9.17, 15) is 19.4 Å². The number of β-amino-alcohol motifs (C(OH)–C–C–N with tert-alkyl or cyclic N) is 2. The number of imidazole rings is 1. The van der Waals surface area contributed by atoms with Crippen molar-refractivity contribution in [3.8, 4) is 11.3 Å². The van der Waals surface area contributed by atoms with Crippen molar-refractivity contribution in [2.24, 2.45) is 5.92 Å². The summed E-state index contributed by atoms with van der Waals surface area (Å²) in [6, 6.07) is 0. The van der Waals surface area contributed by atoms with E-state index in [1.165, 1.54) is 17.3 Å². The van der Waals surface area contributed by atoms with Crippen LogP contribution in [0.25, 0.3) is 27.8 Å². The number of anilines is 2. The van der Waals surface area contributed by atoms with Crippen LogP contribution in [0, 0.1) is 11.7 Å². The summed E-state index contributed by atoms with van der Waals surface area (Å²) in [5, 5.41) is 29.5. The highest BCUT2D eigenvalue weighted by atomic mass is 35.5. The lowest BCUT2D eigenvalue weighted by Crippen LogP contribution is -2.23. The quantitative estimate of drug-likeness (QED) is 0.344. The Balaban J connectivity index is 1.41. The molecule has 0 bridgehead atoms. The van der Waals surface area contributed by atoms with Crippen molar-refractivity contribution in [1.29, 1.82) is 0 Å². The van der Waals surface area contributed by atoms with E-state index in [1.807, 2.05) is 0 Å². The van der Waals surface area contributed by atoms with Gasteiger partial charge in [0, 0.05) is 30.2 Å². The van der Waals surface area contributed by atoms with Crippen molar-refractivity contribution >= 4 is 45.6 Å². The van der Waals surface area contributed by atoms with Crippen molar-refractivity contribution in [3.63, 3.8) is 0 Å². The van der Waals surface area contributed by atoms with E-state index in [0.29, 0.717) is 27.8 Å². The molecule has 3 aromatic heterocycles. The van der Waals surface area contributed by atoms with Gasteiger partial charge in [0.25, 0.3) is 0 Å². The van der Waals surface area contributed by atoms with Crippen LogP contribution in [0.4, 0.5) is 20.3 Å². The van der Waals surface area contributed by atoms with E-state index in [4.69, 9.17) is 11.6 Å². The SMILES string of the molecule is O=C(Nc1cn2cc(-c3c(Cl)c(F)c(N4C[C@H](O)[C@@H](O)C4)c4[nH]ncc34)ncc2n1)[C@@H]1C[C@@H]1F. The molecule has 1 aliphatic heterocycles. The van der Waals surface area contributed by atoms with Gasteiger partial charge in [0.1, 0.15) is 11.9 Å². The largest absolute Gasteiger partial charge is 0.389 e. The van der Waals surface area contributed by atoms with Gasteiger partial charge in [0.05, 0.1) is 52.9 Å². The van der Waals surface area contributed by atoms with Gasteiger partial charge in [-0.25, -0.2) is 13.8 Å². The number of aliphatic hydroxyl groups excluding tert-OH is 2. The van der Waals surface area contributed by atoms with Gasteiger partial charge >= 0.3 is 0 Å². The van der Waals surface area contributed by atoms with Crippen LogP contribution in [0.3, 0.4) is 0 Å². The van der Waals surface area contributed by atoms with Crippen LogP contribution >= 0.6 is 11.6 Å². The summed E-state index contributed by atoms with van der Waals surface area (Å²) < 4.78 is 30.3. The average Bonchev–Trinajstić information content (AvgIpc) is 3.11. The van der Waals surface area contributed by atoms with Gasteiger partial charge in [-0.1, -0.05) is 11.6 Å². The third-order valence-corrected chi connectivity index (χ3v) is 6.59. The second-order valence-corrected chi connectivity index (χ2v) is 8.94. The third-order valence-electron chi connectivity index (χ3n) is 6.24. The first-order valence-corrected chi connectivity index (χ1v) is 10.9. The number of carbonyl (C=O) groups excluding carboxylic acids is 1. The van der Waals surface area contributed by atoms with Gasteiger partial charge in [0.2, 0.25) is 5.91 Å². The summed E-state index contributed by atoms with van der Waals surface area (Å²) >= 11 is 6.47. The Hall–Kier alpha value is -3.35. The summed E-state index contributed by atoms with van der Waals surface area (Å²) in [6.45, 7) is 0.0826. The number of amides is 1. The molecule has 4 aromatic rings. The second kappa shape index (κ2) is 7.58.